The maximum Gasteiger partial charge on any atom is 0.436 e. The number of halogens is 4. The van der Waals surface area contributed by atoms with Crippen LogP contribution < -0.4 is 4.74 Å². The smallest absolute Gasteiger partial charge is 0.436 e. The highest BCUT2D eigenvalue weighted by Gasteiger charge is 2.42. The maximum absolute atomic E-state index is 13.1. The van der Waals surface area contributed by atoms with Crippen LogP contribution in [-0.4, -0.2) is 22.4 Å². The molecule has 0 aliphatic rings. The van der Waals surface area contributed by atoms with Gasteiger partial charge in [-0.25, -0.2) is 9.48 Å². The van der Waals surface area contributed by atoms with E-state index in [4.69, 9.17) is 16.3 Å². The molecule has 2 rings (SSSR count). The number of aryl methyl sites for hydroxylation is 1. The summed E-state index contributed by atoms with van der Waals surface area (Å²) in [6, 6.07) is 5.92. The number of hydrogen-bond acceptors (Lipinski definition) is 4. The van der Waals surface area contributed by atoms with E-state index in [2.05, 4.69) is 9.84 Å². The normalized spacial score (nSPS) is 11.4. The number of aromatic nitrogens is 2. The van der Waals surface area contributed by atoms with Crippen molar-refractivity contribution < 1.29 is 27.4 Å². The van der Waals surface area contributed by atoms with E-state index in [1.807, 2.05) is 0 Å². The third kappa shape index (κ3) is 3.76. The van der Waals surface area contributed by atoms with E-state index in [-0.39, 0.29) is 18.2 Å². The van der Waals surface area contributed by atoms with Crippen LogP contribution in [0.2, 0.25) is 5.02 Å². The first kappa shape index (κ1) is 17.1. The van der Waals surface area contributed by atoms with Crippen molar-refractivity contribution in [1.29, 1.82) is 0 Å². The van der Waals surface area contributed by atoms with Crippen LogP contribution in [0.5, 0.6) is 11.6 Å². The molecule has 0 N–H and O–H groups in total. The topological polar surface area (TPSA) is 53.3 Å². The minimum absolute atomic E-state index is 0.0780. The molecule has 0 saturated heterocycles. The van der Waals surface area contributed by atoms with Gasteiger partial charge in [-0.1, -0.05) is 11.6 Å². The van der Waals surface area contributed by atoms with Crippen LogP contribution in [0.3, 0.4) is 0 Å². The van der Waals surface area contributed by atoms with Crippen LogP contribution in [0.25, 0.3) is 0 Å². The van der Waals surface area contributed by atoms with Crippen LogP contribution in [0, 0.1) is 0 Å². The molecule has 0 atom stereocenters. The number of carbonyl (C=O) groups excluding carboxylic acids is 1. The molecule has 0 aliphatic carbocycles. The average molecular weight is 349 g/mol. The van der Waals surface area contributed by atoms with Gasteiger partial charge in [0.15, 0.2) is 11.3 Å². The lowest BCUT2D eigenvalue weighted by atomic mass is 10.2. The summed E-state index contributed by atoms with van der Waals surface area (Å²) in [4.78, 5) is 11.9. The molecular weight excluding hydrogens is 337 g/mol. The second-order valence-corrected chi connectivity index (χ2v) is 4.86. The number of esters is 1. The summed E-state index contributed by atoms with van der Waals surface area (Å²) in [5, 5.41) is 3.77. The molecule has 2 aromatic rings. The largest absolute Gasteiger partial charge is 0.462 e. The van der Waals surface area contributed by atoms with E-state index < -0.39 is 23.4 Å². The van der Waals surface area contributed by atoms with Gasteiger partial charge < -0.3 is 9.47 Å². The minimum atomic E-state index is -4.82. The lowest BCUT2D eigenvalue weighted by Gasteiger charge is -2.09. The van der Waals surface area contributed by atoms with Gasteiger partial charge in [-0.15, -0.1) is 0 Å². The molecular formula is C14H12ClF3N2O3. The van der Waals surface area contributed by atoms with Crippen LogP contribution in [0.4, 0.5) is 13.2 Å². The molecule has 0 spiro atoms. The third-order valence-corrected chi connectivity index (χ3v) is 3.02. The van der Waals surface area contributed by atoms with E-state index in [9.17, 15) is 18.0 Å². The van der Waals surface area contributed by atoms with Crippen molar-refractivity contribution in [2.75, 3.05) is 6.61 Å². The lowest BCUT2D eigenvalue weighted by Crippen LogP contribution is -2.14. The second-order valence-electron chi connectivity index (χ2n) is 4.43. The molecule has 124 valence electrons. The van der Waals surface area contributed by atoms with Gasteiger partial charge in [-0.3, -0.25) is 0 Å². The summed E-state index contributed by atoms with van der Waals surface area (Å²) in [7, 11) is 1.24. The SMILES string of the molecule is CCOC(=O)c1c(C(F)(F)F)nn(C)c1Oc1ccc(Cl)cc1. The van der Waals surface area contributed by atoms with Gasteiger partial charge in [0.25, 0.3) is 0 Å². The van der Waals surface area contributed by atoms with E-state index in [1.165, 1.54) is 38.2 Å². The molecule has 1 aromatic carbocycles. The van der Waals surface area contributed by atoms with Gasteiger partial charge in [0.1, 0.15) is 5.75 Å². The Morgan fingerprint density at radius 2 is 1.91 bits per heavy atom. The zero-order valence-electron chi connectivity index (χ0n) is 12.1. The van der Waals surface area contributed by atoms with E-state index >= 15 is 0 Å². The first-order chi connectivity index (χ1) is 10.7. The average Bonchev–Trinajstić information content (AvgIpc) is 2.79. The predicted molar refractivity (Wildman–Crippen MR) is 75.7 cm³/mol. The standard InChI is InChI=1S/C14H12ClF3N2O3/c1-3-22-13(21)10-11(14(16,17)18)19-20(2)12(10)23-9-6-4-8(15)5-7-9/h4-7H,3H2,1-2H3. The highest BCUT2D eigenvalue weighted by atomic mass is 35.5. The van der Waals surface area contributed by atoms with Crippen LogP contribution in [0.15, 0.2) is 24.3 Å². The fraction of sp³-hybridized carbons (Fsp3) is 0.286. The first-order valence-electron chi connectivity index (χ1n) is 6.48. The maximum atomic E-state index is 13.1. The molecule has 0 unspecified atom stereocenters. The highest BCUT2D eigenvalue weighted by Crippen LogP contribution is 2.37. The summed E-state index contributed by atoms with van der Waals surface area (Å²) in [6.45, 7) is 1.41. The zero-order chi connectivity index (χ0) is 17.2. The second kappa shape index (κ2) is 6.49. The number of nitrogens with zero attached hydrogens (tertiary/aromatic N) is 2. The number of ether oxygens (including phenoxy) is 2. The van der Waals surface area contributed by atoms with Gasteiger partial charge in [-0.2, -0.15) is 18.3 Å². The van der Waals surface area contributed by atoms with Gasteiger partial charge in [-0.05, 0) is 31.2 Å². The lowest BCUT2D eigenvalue weighted by molar-refractivity contribution is -0.142. The molecule has 1 aromatic heterocycles. The Bertz CT molecular complexity index is 711. The monoisotopic (exact) mass is 348 g/mol. The predicted octanol–water partition coefficient (Wildman–Crippen LogP) is 4.06. The Morgan fingerprint density at radius 3 is 2.43 bits per heavy atom. The molecule has 1 heterocycles. The quantitative estimate of drug-likeness (QED) is 0.782. The Labute approximate surface area is 134 Å². The zero-order valence-corrected chi connectivity index (χ0v) is 12.9. The summed E-state index contributed by atoms with van der Waals surface area (Å²) in [5.74, 6) is -1.31. The van der Waals surface area contributed by atoms with Gasteiger partial charge >= 0.3 is 12.1 Å². The summed E-state index contributed by atoms with van der Waals surface area (Å²) in [5.41, 5.74) is -2.13. The van der Waals surface area contributed by atoms with Gasteiger partial charge in [0, 0.05) is 12.1 Å². The Hall–Kier alpha value is -2.22. The number of alkyl halides is 3. The van der Waals surface area contributed by atoms with Crippen molar-refractivity contribution in [2.24, 2.45) is 7.05 Å². The Kier molecular flexibility index (Phi) is 4.84. The minimum Gasteiger partial charge on any atom is -0.462 e. The molecule has 0 saturated carbocycles. The van der Waals surface area contributed by atoms with Crippen LogP contribution >= 0.6 is 11.6 Å². The fourth-order valence-electron chi connectivity index (χ4n) is 1.83. The molecule has 0 fully saturated rings. The van der Waals surface area contributed by atoms with Crippen molar-refractivity contribution in [1.82, 2.24) is 9.78 Å². The number of carbonyl (C=O) groups is 1. The van der Waals surface area contributed by atoms with Crippen LogP contribution in [-0.2, 0) is 18.0 Å². The molecule has 0 amide bonds. The van der Waals surface area contributed by atoms with E-state index in [0.29, 0.717) is 5.02 Å². The summed E-state index contributed by atoms with van der Waals surface area (Å²) < 4.78 is 50.1. The molecule has 9 heteroatoms. The highest BCUT2D eigenvalue weighted by molar-refractivity contribution is 6.30. The van der Waals surface area contributed by atoms with Crippen molar-refractivity contribution in [3.63, 3.8) is 0 Å². The molecule has 23 heavy (non-hydrogen) atoms. The Balaban J connectivity index is 2.51. The summed E-state index contributed by atoms with van der Waals surface area (Å²) in [6.07, 6.45) is -4.82. The molecule has 5 nitrogen and oxygen atoms in total. The number of hydrogen-bond donors (Lipinski definition) is 0. The third-order valence-electron chi connectivity index (χ3n) is 2.77. The number of benzene rings is 1. The van der Waals surface area contributed by atoms with Gasteiger partial charge in [0.05, 0.1) is 6.61 Å². The van der Waals surface area contributed by atoms with Crippen molar-refractivity contribution in [2.45, 2.75) is 13.1 Å². The van der Waals surface area contributed by atoms with Gasteiger partial charge in [0.2, 0.25) is 5.88 Å². The number of rotatable bonds is 4. The molecule has 0 aliphatic heterocycles. The molecule has 0 bridgehead atoms. The van der Waals surface area contributed by atoms with Crippen LogP contribution in [0.1, 0.15) is 23.0 Å². The van der Waals surface area contributed by atoms with Crippen molar-refractivity contribution in [3.05, 3.63) is 40.5 Å². The van der Waals surface area contributed by atoms with E-state index in [0.717, 1.165) is 4.68 Å². The fourth-order valence-corrected chi connectivity index (χ4v) is 1.95. The first-order valence-corrected chi connectivity index (χ1v) is 6.86. The van der Waals surface area contributed by atoms with Crippen molar-refractivity contribution in [3.8, 4) is 11.6 Å². The van der Waals surface area contributed by atoms with E-state index in [1.54, 1.807) is 0 Å². The Morgan fingerprint density at radius 1 is 1.30 bits per heavy atom. The summed E-state index contributed by atoms with van der Waals surface area (Å²) >= 11 is 5.74. The van der Waals surface area contributed by atoms with Crippen molar-refractivity contribution >= 4 is 17.6 Å². The molecule has 0 radical (unpaired) electrons.